The summed E-state index contributed by atoms with van der Waals surface area (Å²) in [5, 5.41) is 2.16. The molecule has 7 aromatic rings. The highest BCUT2D eigenvalue weighted by Crippen LogP contribution is 2.48. The van der Waals surface area contributed by atoms with Gasteiger partial charge in [0.05, 0.1) is 18.1 Å². The largest absolute Gasteiger partial charge is 0.453 e. The molecule has 8 rings (SSSR count). The molecule has 0 radical (unpaired) electrons. The molecule has 0 amide bonds. The topological polar surface area (TPSA) is 17.4 Å². The van der Waals surface area contributed by atoms with Crippen LogP contribution in [0.2, 0.25) is 0 Å². The van der Waals surface area contributed by atoms with Crippen molar-refractivity contribution in [2.24, 2.45) is 0 Å². The first kappa shape index (κ1) is 20.7. The molecule has 1 aromatic heterocycles. The number of aromatic nitrogens is 1. The zero-order valence-corrected chi connectivity index (χ0v) is 21.1. The van der Waals surface area contributed by atoms with Crippen LogP contribution in [0.1, 0.15) is 1.37 Å². The predicted molar refractivity (Wildman–Crippen MR) is 161 cm³/mol. The van der Waals surface area contributed by atoms with Crippen molar-refractivity contribution in [2.45, 2.75) is 0 Å². The van der Waals surface area contributed by atoms with E-state index >= 15 is 0 Å². The van der Waals surface area contributed by atoms with Gasteiger partial charge in [0.25, 0.3) is 0 Å². The number of anilines is 3. The van der Waals surface area contributed by atoms with Gasteiger partial charge in [-0.05, 0) is 77.9 Å². The molecule has 39 heavy (non-hydrogen) atoms. The number of hydrogen-bond acceptors (Lipinski definition) is 2. The fourth-order valence-corrected chi connectivity index (χ4v) is 5.82. The van der Waals surface area contributed by atoms with Crippen LogP contribution in [0.25, 0.3) is 38.6 Å². The highest BCUT2D eigenvalue weighted by atomic mass is 16.5. The molecule has 3 heteroatoms. The number of benzene rings is 6. The number of nitrogens with zero attached hydrogens (tertiary/aromatic N) is 2. The van der Waals surface area contributed by atoms with Crippen LogP contribution in [-0.2, 0) is 0 Å². The third-order valence-electron chi connectivity index (χ3n) is 7.51. The van der Waals surface area contributed by atoms with Gasteiger partial charge >= 0.3 is 0 Å². The lowest BCUT2D eigenvalue weighted by molar-refractivity contribution is 0.476. The van der Waals surface area contributed by atoms with E-state index in [2.05, 4.69) is 100 Å². The van der Waals surface area contributed by atoms with E-state index in [1.54, 1.807) is 0 Å². The van der Waals surface area contributed by atoms with Crippen molar-refractivity contribution in [3.63, 3.8) is 0 Å². The second kappa shape index (κ2) is 8.64. The van der Waals surface area contributed by atoms with Gasteiger partial charge in [0.1, 0.15) is 0 Å². The summed E-state index contributed by atoms with van der Waals surface area (Å²) in [6.45, 7) is 0. The van der Waals surface area contributed by atoms with Gasteiger partial charge in [0.2, 0.25) is 0 Å². The molecular weight excluding hydrogens is 476 g/mol. The van der Waals surface area contributed by atoms with Crippen LogP contribution in [-0.4, -0.2) is 4.57 Å². The predicted octanol–water partition coefficient (Wildman–Crippen LogP) is 10.0. The van der Waals surface area contributed by atoms with Crippen LogP contribution in [0.5, 0.6) is 11.5 Å². The van der Waals surface area contributed by atoms with Gasteiger partial charge in [-0.1, -0.05) is 78.8 Å². The normalized spacial score (nSPS) is 12.2. The summed E-state index contributed by atoms with van der Waals surface area (Å²) in [5.74, 6) is 1.67. The van der Waals surface area contributed by atoms with Crippen molar-refractivity contribution < 1.29 is 6.11 Å². The average Bonchev–Trinajstić information content (AvgIpc) is 3.35. The maximum Gasteiger partial charge on any atom is 0.152 e. The molecule has 6 aromatic carbocycles. The van der Waals surface area contributed by atoms with E-state index in [1.165, 1.54) is 0 Å². The minimum absolute atomic E-state index is 0.494. The average molecular weight is 502 g/mol. The zero-order valence-electron chi connectivity index (χ0n) is 22.1. The highest BCUT2D eigenvalue weighted by Gasteiger charge is 2.25. The molecule has 1 aliphatic heterocycles. The first-order valence-corrected chi connectivity index (χ1v) is 13.1. The van der Waals surface area contributed by atoms with Gasteiger partial charge in [-0.15, -0.1) is 0 Å². The van der Waals surface area contributed by atoms with Crippen LogP contribution < -0.4 is 9.64 Å². The summed E-state index contributed by atoms with van der Waals surface area (Å²) < 4.78 is 17.1. The van der Waals surface area contributed by atoms with Crippen molar-refractivity contribution >= 4 is 38.9 Å². The molecule has 0 unspecified atom stereocenters. The molecule has 0 spiro atoms. The molecule has 0 aliphatic carbocycles. The van der Waals surface area contributed by atoms with Gasteiger partial charge < -0.3 is 14.2 Å². The Balaban J connectivity index is 1.33. The van der Waals surface area contributed by atoms with Crippen LogP contribution >= 0.6 is 0 Å². The van der Waals surface area contributed by atoms with Crippen LogP contribution in [0.15, 0.2) is 146 Å². The number of para-hydroxylation sites is 5. The van der Waals surface area contributed by atoms with Gasteiger partial charge in [-0.3, -0.25) is 0 Å². The molecule has 3 nitrogen and oxygen atoms in total. The number of rotatable bonds is 4. The fourth-order valence-electron chi connectivity index (χ4n) is 5.82. The lowest BCUT2D eigenvalue weighted by Crippen LogP contribution is -2.09. The lowest BCUT2D eigenvalue weighted by Gasteiger charge is -2.25. The lowest BCUT2D eigenvalue weighted by atomic mass is 9.98. The number of hydrogen-bond donors (Lipinski definition) is 0. The SMILES string of the molecule is [2H]c1ccc2c(c1)c1c(-c3ccc(N(c4ccccc4)c4ccccc4)cc3)ccc3c1n2-c1ccccc1O3. The molecule has 2 heterocycles. The Labute approximate surface area is 228 Å². The Morgan fingerprint density at radius 2 is 1.23 bits per heavy atom. The maximum absolute atomic E-state index is 8.40. The van der Waals surface area contributed by atoms with Gasteiger partial charge in [-0.2, -0.15) is 0 Å². The Hall–Kier alpha value is -5.28. The Morgan fingerprint density at radius 1 is 0.564 bits per heavy atom. The van der Waals surface area contributed by atoms with Crippen molar-refractivity contribution in [2.75, 3.05) is 4.90 Å². The minimum atomic E-state index is 0.494. The second-order valence-electron chi connectivity index (χ2n) is 9.74. The van der Waals surface area contributed by atoms with E-state index in [4.69, 9.17) is 6.11 Å². The summed E-state index contributed by atoms with van der Waals surface area (Å²) in [7, 11) is 0. The summed E-state index contributed by atoms with van der Waals surface area (Å²) in [5.41, 5.74) is 8.67. The molecule has 1 aliphatic rings. The quantitative estimate of drug-likeness (QED) is 0.239. The Morgan fingerprint density at radius 3 is 1.97 bits per heavy atom. The standard InChI is InChI=1S/C36H24N2O/c1-3-11-26(12-4-1)37(27-13-5-2-6-14-27)28-21-19-25(20-22-28)29-23-24-34-36-35(29)30-15-7-8-16-31(30)38(36)32-17-9-10-18-33(32)39-34/h1-24H/i7D. The van der Waals surface area contributed by atoms with Crippen LogP contribution in [0.3, 0.4) is 0 Å². The molecule has 0 bridgehead atoms. The minimum Gasteiger partial charge on any atom is -0.453 e. The maximum atomic E-state index is 8.40. The number of ether oxygens (including phenoxy) is 1. The molecule has 0 saturated carbocycles. The third kappa shape index (κ3) is 3.37. The molecular formula is C36H24N2O. The molecule has 0 atom stereocenters. The molecule has 184 valence electrons. The van der Waals surface area contributed by atoms with E-state index in [1.807, 2.05) is 48.5 Å². The van der Waals surface area contributed by atoms with Crippen molar-refractivity contribution in [3.8, 4) is 28.3 Å². The monoisotopic (exact) mass is 501 g/mol. The Kier molecular flexibility index (Phi) is 4.60. The van der Waals surface area contributed by atoms with E-state index in [0.29, 0.717) is 6.04 Å². The Bertz CT molecular complexity index is 1990. The van der Waals surface area contributed by atoms with Crippen molar-refractivity contribution in [1.29, 1.82) is 0 Å². The van der Waals surface area contributed by atoms with Crippen molar-refractivity contribution in [3.05, 3.63) is 146 Å². The fraction of sp³-hybridized carbons (Fsp3) is 0. The first-order chi connectivity index (χ1) is 19.8. The van der Waals surface area contributed by atoms with E-state index in [9.17, 15) is 0 Å². The summed E-state index contributed by atoms with van der Waals surface area (Å²) in [6.07, 6.45) is 0. The molecule has 0 saturated heterocycles. The van der Waals surface area contributed by atoms with E-state index < -0.39 is 0 Å². The summed E-state index contributed by atoms with van der Waals surface area (Å²) >= 11 is 0. The zero-order chi connectivity index (χ0) is 26.6. The van der Waals surface area contributed by atoms with Gasteiger partial charge in [0, 0.05) is 27.8 Å². The molecule has 0 N–H and O–H groups in total. The van der Waals surface area contributed by atoms with Gasteiger partial charge in [-0.25, -0.2) is 0 Å². The van der Waals surface area contributed by atoms with Gasteiger partial charge in [0.15, 0.2) is 11.5 Å². The van der Waals surface area contributed by atoms with Crippen LogP contribution in [0.4, 0.5) is 17.1 Å². The molecule has 0 fully saturated rings. The summed E-state index contributed by atoms with van der Waals surface area (Å²) in [4.78, 5) is 2.27. The second-order valence-corrected chi connectivity index (χ2v) is 9.74. The van der Waals surface area contributed by atoms with E-state index in [-0.39, 0.29) is 0 Å². The van der Waals surface area contributed by atoms with Crippen molar-refractivity contribution in [1.82, 2.24) is 4.57 Å². The summed E-state index contributed by atoms with van der Waals surface area (Å²) in [6, 6.07) is 48.4. The third-order valence-corrected chi connectivity index (χ3v) is 7.51. The smallest absolute Gasteiger partial charge is 0.152 e. The highest BCUT2D eigenvalue weighted by molar-refractivity contribution is 6.18. The van der Waals surface area contributed by atoms with E-state index in [0.717, 1.165) is 67.2 Å². The number of fused-ring (bicyclic) bond motifs is 5. The first-order valence-electron chi connectivity index (χ1n) is 13.6. The van der Waals surface area contributed by atoms with Crippen LogP contribution in [0, 0.1) is 0 Å².